The number of esters is 1. The number of aliphatic hydroxyl groups excluding tert-OH is 2. The van der Waals surface area contributed by atoms with Crippen LogP contribution in [0.4, 0.5) is 0 Å². The Bertz CT molecular complexity index is 563. The third-order valence-electron chi connectivity index (χ3n) is 4.41. The number of hydrogen-bond donors (Lipinski definition) is 5. The summed E-state index contributed by atoms with van der Waals surface area (Å²) < 4.78 is 4.69. The summed E-state index contributed by atoms with van der Waals surface area (Å²) in [6, 6.07) is -2.26. The molecule has 0 aromatic carbocycles. The molecule has 5 atom stereocenters. The highest BCUT2D eigenvalue weighted by Gasteiger charge is 2.35. The molecule has 0 spiro atoms. The standard InChI is InChI=1S/C17H29N3O6/c1-8(2)13(17(25)26-5)20-16(24)10-6-11(14(22)12(21)7-10)19-15(23)9(3)18-4/h6,8-9,11-14,18,21-22H,7H2,1-5H3,(H,19,23)(H,20,24)/t9-,11+,12+,13+,14+/m0/s1. The quantitative estimate of drug-likeness (QED) is 0.342. The van der Waals surface area contributed by atoms with Crippen LogP contribution in [-0.4, -0.2) is 72.5 Å². The maximum atomic E-state index is 12.5. The van der Waals surface area contributed by atoms with Crippen LogP contribution in [0.1, 0.15) is 27.2 Å². The minimum Gasteiger partial charge on any atom is -0.467 e. The van der Waals surface area contributed by atoms with Crippen LogP contribution in [0.3, 0.4) is 0 Å². The zero-order valence-electron chi connectivity index (χ0n) is 15.8. The lowest BCUT2D eigenvalue weighted by atomic mass is 9.89. The third-order valence-corrected chi connectivity index (χ3v) is 4.41. The average molecular weight is 371 g/mol. The van der Waals surface area contributed by atoms with E-state index in [4.69, 9.17) is 0 Å². The van der Waals surface area contributed by atoms with Crippen molar-refractivity contribution in [3.63, 3.8) is 0 Å². The summed E-state index contributed by atoms with van der Waals surface area (Å²) in [5.41, 5.74) is 0.180. The number of nitrogens with one attached hydrogen (secondary N) is 3. The molecule has 148 valence electrons. The number of amides is 2. The first kappa shape index (κ1) is 22.1. The summed E-state index contributed by atoms with van der Waals surface area (Å²) in [5.74, 6) is -1.70. The van der Waals surface area contributed by atoms with E-state index in [1.165, 1.54) is 13.2 Å². The molecule has 0 saturated heterocycles. The first-order valence-electron chi connectivity index (χ1n) is 8.55. The highest BCUT2D eigenvalue weighted by Crippen LogP contribution is 2.20. The number of aliphatic hydroxyl groups is 2. The third kappa shape index (κ3) is 5.52. The van der Waals surface area contributed by atoms with Crippen LogP contribution in [0.15, 0.2) is 11.6 Å². The van der Waals surface area contributed by atoms with Gasteiger partial charge in [0.05, 0.1) is 25.3 Å². The molecule has 0 aromatic rings. The van der Waals surface area contributed by atoms with Crippen molar-refractivity contribution in [3.05, 3.63) is 11.6 Å². The van der Waals surface area contributed by atoms with Crippen molar-refractivity contribution in [2.24, 2.45) is 5.92 Å². The van der Waals surface area contributed by atoms with Gasteiger partial charge in [0, 0.05) is 12.0 Å². The second-order valence-electron chi connectivity index (χ2n) is 6.72. The van der Waals surface area contributed by atoms with Crippen LogP contribution in [0.25, 0.3) is 0 Å². The predicted octanol–water partition coefficient (Wildman–Crippen LogP) is -1.56. The summed E-state index contributed by atoms with van der Waals surface area (Å²) in [6.07, 6.45) is -1.14. The van der Waals surface area contributed by atoms with Gasteiger partial charge in [-0.2, -0.15) is 0 Å². The number of methoxy groups -OCH3 is 1. The van der Waals surface area contributed by atoms with E-state index in [-0.39, 0.29) is 23.8 Å². The van der Waals surface area contributed by atoms with Gasteiger partial charge in [0.15, 0.2) is 0 Å². The fourth-order valence-corrected chi connectivity index (χ4v) is 2.54. The SMILES string of the molecule is CN[C@@H](C)C(=O)N[C@@H]1C=C(C(=O)N[C@@H](C(=O)OC)C(C)C)C[C@@H](O)[C@@H]1O. The first-order valence-corrected chi connectivity index (χ1v) is 8.55. The van der Waals surface area contributed by atoms with Crippen LogP contribution >= 0.6 is 0 Å². The molecule has 26 heavy (non-hydrogen) atoms. The lowest BCUT2D eigenvalue weighted by Gasteiger charge is -2.32. The highest BCUT2D eigenvalue weighted by atomic mass is 16.5. The van der Waals surface area contributed by atoms with Gasteiger partial charge in [-0.25, -0.2) is 4.79 Å². The van der Waals surface area contributed by atoms with Gasteiger partial charge in [-0.15, -0.1) is 0 Å². The molecule has 0 aliphatic heterocycles. The lowest BCUT2D eigenvalue weighted by molar-refractivity contribution is -0.146. The first-order chi connectivity index (χ1) is 12.1. The van der Waals surface area contributed by atoms with Crippen LogP contribution in [0.5, 0.6) is 0 Å². The van der Waals surface area contributed by atoms with Gasteiger partial charge in [0.25, 0.3) is 0 Å². The Morgan fingerprint density at radius 3 is 2.35 bits per heavy atom. The van der Waals surface area contributed by atoms with Crippen molar-refractivity contribution in [3.8, 4) is 0 Å². The number of hydrogen-bond acceptors (Lipinski definition) is 7. The van der Waals surface area contributed by atoms with Gasteiger partial charge in [0.1, 0.15) is 12.1 Å². The molecule has 0 bridgehead atoms. The number of ether oxygens (including phenoxy) is 1. The molecule has 5 N–H and O–H groups in total. The molecule has 0 radical (unpaired) electrons. The van der Waals surface area contributed by atoms with E-state index < -0.39 is 42.2 Å². The highest BCUT2D eigenvalue weighted by molar-refractivity contribution is 5.96. The zero-order chi connectivity index (χ0) is 20.0. The van der Waals surface area contributed by atoms with Gasteiger partial charge in [-0.3, -0.25) is 9.59 Å². The lowest BCUT2D eigenvalue weighted by Crippen LogP contribution is -2.54. The molecular formula is C17H29N3O6. The number of carbonyl (C=O) groups is 3. The van der Waals surface area contributed by atoms with Crippen molar-refractivity contribution in [1.29, 1.82) is 0 Å². The van der Waals surface area contributed by atoms with Crippen molar-refractivity contribution in [2.75, 3.05) is 14.2 Å². The minimum absolute atomic E-state index is 0.0903. The van der Waals surface area contributed by atoms with Crippen molar-refractivity contribution in [2.45, 2.75) is 57.5 Å². The molecule has 1 rings (SSSR count). The van der Waals surface area contributed by atoms with E-state index in [1.807, 2.05) is 0 Å². The number of likely N-dealkylation sites (N-methyl/N-ethyl adjacent to an activating group) is 1. The Morgan fingerprint density at radius 1 is 1.23 bits per heavy atom. The Labute approximate surface area is 153 Å². The molecule has 2 amide bonds. The summed E-state index contributed by atoms with van der Waals surface area (Å²) >= 11 is 0. The molecule has 0 saturated carbocycles. The maximum absolute atomic E-state index is 12.5. The van der Waals surface area contributed by atoms with Crippen molar-refractivity contribution in [1.82, 2.24) is 16.0 Å². The van der Waals surface area contributed by atoms with E-state index >= 15 is 0 Å². The van der Waals surface area contributed by atoms with Gasteiger partial charge in [-0.1, -0.05) is 19.9 Å². The normalized spacial score (nSPS) is 25.1. The molecule has 1 aliphatic rings. The fraction of sp³-hybridized carbons (Fsp3) is 0.706. The van der Waals surface area contributed by atoms with Gasteiger partial charge >= 0.3 is 5.97 Å². The second kappa shape index (κ2) is 9.65. The van der Waals surface area contributed by atoms with E-state index in [0.29, 0.717) is 0 Å². The van der Waals surface area contributed by atoms with E-state index in [1.54, 1.807) is 27.8 Å². The van der Waals surface area contributed by atoms with Crippen molar-refractivity contribution < 1.29 is 29.3 Å². The molecule has 0 aromatic heterocycles. The molecule has 0 heterocycles. The minimum atomic E-state index is -1.24. The molecule has 9 heteroatoms. The van der Waals surface area contributed by atoms with Gasteiger partial charge in [0.2, 0.25) is 11.8 Å². The maximum Gasteiger partial charge on any atom is 0.328 e. The van der Waals surface area contributed by atoms with Gasteiger partial charge < -0.3 is 30.9 Å². The Hall–Kier alpha value is -1.97. The summed E-state index contributed by atoms with van der Waals surface area (Å²) in [7, 11) is 2.85. The van der Waals surface area contributed by atoms with E-state index in [0.717, 1.165) is 0 Å². The van der Waals surface area contributed by atoms with E-state index in [2.05, 4.69) is 20.7 Å². The second-order valence-corrected chi connectivity index (χ2v) is 6.72. The smallest absolute Gasteiger partial charge is 0.328 e. The van der Waals surface area contributed by atoms with Crippen LogP contribution in [0, 0.1) is 5.92 Å². The molecular weight excluding hydrogens is 342 g/mol. The van der Waals surface area contributed by atoms with Crippen LogP contribution in [0.2, 0.25) is 0 Å². The average Bonchev–Trinajstić information content (AvgIpc) is 2.61. The zero-order valence-corrected chi connectivity index (χ0v) is 15.8. The monoisotopic (exact) mass is 371 g/mol. The summed E-state index contributed by atoms with van der Waals surface area (Å²) in [6.45, 7) is 5.16. The largest absolute Gasteiger partial charge is 0.467 e. The van der Waals surface area contributed by atoms with Crippen molar-refractivity contribution >= 4 is 17.8 Å². The van der Waals surface area contributed by atoms with Gasteiger partial charge in [-0.05, 0) is 19.9 Å². The summed E-state index contributed by atoms with van der Waals surface area (Å²) in [4.78, 5) is 36.3. The Kier molecular flexibility index (Phi) is 8.19. The van der Waals surface area contributed by atoms with E-state index in [9.17, 15) is 24.6 Å². The van der Waals surface area contributed by atoms with Crippen LogP contribution in [-0.2, 0) is 19.1 Å². The molecule has 0 fully saturated rings. The molecule has 1 aliphatic carbocycles. The Morgan fingerprint density at radius 2 is 1.85 bits per heavy atom. The fourth-order valence-electron chi connectivity index (χ4n) is 2.54. The summed E-state index contributed by atoms with van der Waals surface area (Å²) in [5, 5.41) is 28.1. The predicted molar refractivity (Wildman–Crippen MR) is 94.0 cm³/mol. The molecule has 9 nitrogen and oxygen atoms in total. The number of carbonyl (C=O) groups excluding carboxylic acids is 3. The van der Waals surface area contributed by atoms with Crippen LogP contribution < -0.4 is 16.0 Å². The number of rotatable bonds is 7. The molecule has 0 unspecified atom stereocenters. The Balaban J connectivity index is 2.95. The topological polar surface area (TPSA) is 137 Å².